The zero-order valence-corrected chi connectivity index (χ0v) is 11.3. The van der Waals surface area contributed by atoms with Crippen molar-refractivity contribution < 1.29 is 0 Å². The van der Waals surface area contributed by atoms with Gasteiger partial charge in [-0.2, -0.15) is 0 Å². The summed E-state index contributed by atoms with van der Waals surface area (Å²) in [5.41, 5.74) is 3.56. The van der Waals surface area contributed by atoms with Gasteiger partial charge in [-0.25, -0.2) is 4.98 Å². The van der Waals surface area contributed by atoms with Gasteiger partial charge < -0.3 is 5.32 Å². The fourth-order valence-electron chi connectivity index (χ4n) is 1.54. The van der Waals surface area contributed by atoms with Crippen LogP contribution in [-0.2, 0) is 6.54 Å². The Bertz CT molecular complexity index is 471. The molecule has 17 heavy (non-hydrogen) atoms. The van der Waals surface area contributed by atoms with Gasteiger partial charge in [0.1, 0.15) is 5.01 Å². The van der Waals surface area contributed by atoms with Crippen molar-refractivity contribution in [1.82, 2.24) is 10.3 Å². The van der Waals surface area contributed by atoms with Crippen LogP contribution >= 0.6 is 11.3 Å². The Morgan fingerprint density at radius 1 is 1.24 bits per heavy atom. The van der Waals surface area contributed by atoms with Gasteiger partial charge in [0.05, 0.1) is 5.69 Å². The maximum absolute atomic E-state index is 4.64. The summed E-state index contributed by atoms with van der Waals surface area (Å²) >= 11 is 1.72. The van der Waals surface area contributed by atoms with Crippen molar-refractivity contribution in [1.29, 1.82) is 0 Å². The standard InChI is InChI=1S/C14H18N2S/c1-10(2)15-8-14-16-13(9-17-14)12-6-4-11(3)5-7-12/h4-7,9-10,15H,8H2,1-3H3. The van der Waals surface area contributed by atoms with Gasteiger partial charge in [0.15, 0.2) is 0 Å². The van der Waals surface area contributed by atoms with Crippen molar-refractivity contribution >= 4 is 11.3 Å². The van der Waals surface area contributed by atoms with Crippen molar-refractivity contribution in [3.63, 3.8) is 0 Å². The molecule has 2 aromatic rings. The van der Waals surface area contributed by atoms with Gasteiger partial charge >= 0.3 is 0 Å². The molecule has 0 bridgehead atoms. The largest absolute Gasteiger partial charge is 0.308 e. The number of benzene rings is 1. The second-order valence-corrected chi connectivity index (χ2v) is 5.47. The van der Waals surface area contributed by atoms with Gasteiger partial charge in [-0.3, -0.25) is 0 Å². The Labute approximate surface area is 107 Å². The maximum Gasteiger partial charge on any atom is 0.107 e. The molecule has 90 valence electrons. The summed E-state index contributed by atoms with van der Waals surface area (Å²) in [6.07, 6.45) is 0. The van der Waals surface area contributed by atoms with Crippen LogP contribution in [0.2, 0.25) is 0 Å². The Morgan fingerprint density at radius 2 is 1.94 bits per heavy atom. The third kappa shape index (κ3) is 3.38. The number of thiazole rings is 1. The van der Waals surface area contributed by atoms with E-state index in [1.165, 1.54) is 11.1 Å². The number of hydrogen-bond acceptors (Lipinski definition) is 3. The van der Waals surface area contributed by atoms with Crippen molar-refractivity contribution in [2.45, 2.75) is 33.4 Å². The first-order valence-electron chi connectivity index (χ1n) is 5.90. The fraction of sp³-hybridized carbons (Fsp3) is 0.357. The summed E-state index contributed by atoms with van der Waals surface area (Å²) in [6.45, 7) is 7.25. The molecule has 2 rings (SSSR count). The molecule has 0 fully saturated rings. The van der Waals surface area contributed by atoms with Crippen LogP contribution in [0.5, 0.6) is 0 Å². The van der Waals surface area contributed by atoms with Crippen molar-refractivity contribution in [3.8, 4) is 11.3 Å². The lowest BCUT2D eigenvalue weighted by Gasteiger charge is -2.04. The minimum absolute atomic E-state index is 0.502. The van der Waals surface area contributed by atoms with E-state index in [-0.39, 0.29) is 0 Å². The summed E-state index contributed by atoms with van der Waals surface area (Å²) in [6, 6.07) is 9.01. The van der Waals surface area contributed by atoms with E-state index in [1.54, 1.807) is 11.3 Å². The highest BCUT2D eigenvalue weighted by Gasteiger charge is 2.04. The monoisotopic (exact) mass is 246 g/mol. The highest BCUT2D eigenvalue weighted by atomic mass is 32.1. The predicted octanol–water partition coefficient (Wildman–Crippen LogP) is 3.62. The van der Waals surface area contributed by atoms with Crippen LogP contribution in [0.1, 0.15) is 24.4 Å². The van der Waals surface area contributed by atoms with Crippen molar-refractivity contribution in [3.05, 3.63) is 40.2 Å². The summed E-state index contributed by atoms with van der Waals surface area (Å²) in [5.74, 6) is 0. The molecule has 0 aliphatic carbocycles. The third-order valence-corrected chi connectivity index (χ3v) is 3.41. The van der Waals surface area contributed by atoms with Gasteiger partial charge in [0.25, 0.3) is 0 Å². The molecule has 2 nitrogen and oxygen atoms in total. The molecule has 0 spiro atoms. The minimum Gasteiger partial charge on any atom is -0.308 e. The first-order chi connectivity index (χ1) is 8.15. The van der Waals surface area contributed by atoms with Gasteiger partial charge in [-0.15, -0.1) is 11.3 Å². The van der Waals surface area contributed by atoms with Gasteiger partial charge in [0, 0.05) is 23.5 Å². The molecule has 0 saturated carbocycles. The average molecular weight is 246 g/mol. The second kappa shape index (κ2) is 5.43. The molecular formula is C14H18N2S. The number of nitrogens with zero attached hydrogens (tertiary/aromatic N) is 1. The fourth-order valence-corrected chi connectivity index (χ4v) is 2.29. The van der Waals surface area contributed by atoms with E-state index >= 15 is 0 Å². The van der Waals surface area contributed by atoms with E-state index in [9.17, 15) is 0 Å². The normalized spacial score (nSPS) is 11.1. The number of nitrogens with one attached hydrogen (secondary N) is 1. The van der Waals surface area contributed by atoms with Gasteiger partial charge in [0.2, 0.25) is 0 Å². The molecule has 1 heterocycles. The number of rotatable bonds is 4. The molecule has 0 radical (unpaired) electrons. The molecule has 0 atom stereocenters. The lowest BCUT2D eigenvalue weighted by Crippen LogP contribution is -2.21. The van der Waals surface area contributed by atoms with E-state index in [2.05, 4.69) is 60.7 Å². The first kappa shape index (κ1) is 12.3. The van der Waals surface area contributed by atoms with E-state index in [0.29, 0.717) is 6.04 Å². The summed E-state index contributed by atoms with van der Waals surface area (Å²) in [4.78, 5) is 4.64. The Morgan fingerprint density at radius 3 is 2.59 bits per heavy atom. The van der Waals surface area contributed by atoms with Crippen molar-refractivity contribution in [2.75, 3.05) is 0 Å². The van der Waals surface area contributed by atoms with Crippen LogP contribution < -0.4 is 5.32 Å². The Hall–Kier alpha value is -1.19. The highest BCUT2D eigenvalue weighted by Crippen LogP contribution is 2.22. The molecule has 1 aromatic carbocycles. The molecule has 0 amide bonds. The third-order valence-electron chi connectivity index (χ3n) is 2.56. The molecule has 0 unspecified atom stereocenters. The van der Waals surface area contributed by atoms with Crippen LogP contribution in [0.25, 0.3) is 11.3 Å². The van der Waals surface area contributed by atoms with Crippen LogP contribution in [-0.4, -0.2) is 11.0 Å². The molecule has 0 aliphatic rings. The number of aryl methyl sites for hydroxylation is 1. The number of aromatic nitrogens is 1. The Balaban J connectivity index is 2.10. The average Bonchev–Trinajstić information content (AvgIpc) is 2.76. The quantitative estimate of drug-likeness (QED) is 0.891. The SMILES string of the molecule is Cc1ccc(-c2csc(CNC(C)C)n2)cc1. The molecule has 1 N–H and O–H groups in total. The summed E-state index contributed by atoms with van der Waals surface area (Å²) in [5, 5.41) is 6.66. The van der Waals surface area contributed by atoms with Crippen LogP contribution in [0.4, 0.5) is 0 Å². The summed E-state index contributed by atoms with van der Waals surface area (Å²) < 4.78 is 0. The molecule has 0 aliphatic heterocycles. The molecule has 3 heteroatoms. The van der Waals surface area contributed by atoms with E-state index < -0.39 is 0 Å². The van der Waals surface area contributed by atoms with Crippen molar-refractivity contribution in [2.24, 2.45) is 0 Å². The predicted molar refractivity (Wildman–Crippen MR) is 74.3 cm³/mol. The maximum atomic E-state index is 4.64. The zero-order valence-electron chi connectivity index (χ0n) is 10.5. The second-order valence-electron chi connectivity index (χ2n) is 4.53. The summed E-state index contributed by atoms with van der Waals surface area (Å²) in [7, 11) is 0. The molecular weight excluding hydrogens is 228 g/mol. The topological polar surface area (TPSA) is 24.9 Å². The molecule has 1 aromatic heterocycles. The van der Waals surface area contributed by atoms with E-state index in [1.807, 2.05) is 0 Å². The van der Waals surface area contributed by atoms with Crippen LogP contribution in [0, 0.1) is 6.92 Å². The molecule has 0 saturated heterocycles. The minimum atomic E-state index is 0.502. The van der Waals surface area contributed by atoms with Crippen LogP contribution in [0.3, 0.4) is 0 Å². The Kier molecular flexibility index (Phi) is 3.92. The van der Waals surface area contributed by atoms with E-state index in [4.69, 9.17) is 0 Å². The van der Waals surface area contributed by atoms with Gasteiger partial charge in [-0.05, 0) is 6.92 Å². The van der Waals surface area contributed by atoms with Gasteiger partial charge in [-0.1, -0.05) is 43.7 Å². The first-order valence-corrected chi connectivity index (χ1v) is 6.78. The highest BCUT2D eigenvalue weighted by molar-refractivity contribution is 7.09. The number of hydrogen-bond donors (Lipinski definition) is 1. The zero-order chi connectivity index (χ0) is 12.3. The lowest BCUT2D eigenvalue weighted by molar-refractivity contribution is 0.587. The lowest BCUT2D eigenvalue weighted by atomic mass is 10.1. The van der Waals surface area contributed by atoms with Crippen LogP contribution in [0.15, 0.2) is 29.6 Å². The van der Waals surface area contributed by atoms with E-state index in [0.717, 1.165) is 17.2 Å². The smallest absolute Gasteiger partial charge is 0.107 e.